The van der Waals surface area contributed by atoms with Crippen molar-refractivity contribution in [2.45, 2.75) is 63.7 Å². The Kier molecular flexibility index (Phi) is 11.9. The summed E-state index contributed by atoms with van der Waals surface area (Å²) in [6, 6.07) is 18.8. The van der Waals surface area contributed by atoms with Crippen LogP contribution in [0.15, 0.2) is 60.7 Å². The van der Waals surface area contributed by atoms with Crippen molar-refractivity contribution < 1.29 is 32.3 Å². The number of anilines is 2. The van der Waals surface area contributed by atoms with E-state index in [1.807, 2.05) is 48.2 Å². The molecule has 0 saturated carbocycles. The van der Waals surface area contributed by atoms with Crippen molar-refractivity contribution in [1.82, 2.24) is 15.1 Å². The van der Waals surface area contributed by atoms with Gasteiger partial charge in [0.25, 0.3) is 5.91 Å². The van der Waals surface area contributed by atoms with E-state index >= 15 is 0 Å². The van der Waals surface area contributed by atoms with Crippen LogP contribution >= 0.6 is 0 Å². The van der Waals surface area contributed by atoms with Crippen LogP contribution in [0.4, 0.5) is 24.5 Å². The summed E-state index contributed by atoms with van der Waals surface area (Å²) in [5.74, 6) is 0.364. The number of hydrogen-bond donors (Lipinski definition) is 1. The topological polar surface area (TPSA) is 109 Å². The van der Waals surface area contributed by atoms with Crippen LogP contribution in [0, 0.1) is 11.3 Å². The molecule has 1 N–H and O–H groups in total. The molecule has 10 nitrogen and oxygen atoms in total. The third-order valence-corrected chi connectivity index (χ3v) is 10.6. The number of alkyl halides is 3. The van der Waals surface area contributed by atoms with Crippen LogP contribution in [0.1, 0.15) is 77.6 Å². The fraction of sp³-hybridized carbons (Fsp3) is 0.450. The van der Waals surface area contributed by atoms with Crippen LogP contribution in [0.3, 0.4) is 0 Å². The van der Waals surface area contributed by atoms with Crippen molar-refractivity contribution in [3.63, 3.8) is 0 Å². The summed E-state index contributed by atoms with van der Waals surface area (Å²) in [6.45, 7) is 8.75. The zero-order chi connectivity index (χ0) is 37.5. The van der Waals surface area contributed by atoms with Gasteiger partial charge in [-0.25, -0.2) is 0 Å². The Morgan fingerprint density at radius 1 is 1.00 bits per heavy atom. The Labute approximate surface area is 308 Å². The van der Waals surface area contributed by atoms with Crippen molar-refractivity contribution in [3.05, 3.63) is 88.5 Å². The number of rotatable bonds is 14. The van der Waals surface area contributed by atoms with Crippen LogP contribution in [-0.2, 0) is 22.3 Å². The normalized spacial score (nSPS) is 18.1. The summed E-state index contributed by atoms with van der Waals surface area (Å²) in [6.07, 6.45) is -0.256. The number of unbranched alkanes of at least 4 members (excludes halogenated alkanes) is 1. The number of nitrogens with one attached hydrogen (secondary N) is 1. The third kappa shape index (κ3) is 8.76. The van der Waals surface area contributed by atoms with Gasteiger partial charge in [0.05, 0.1) is 23.8 Å². The van der Waals surface area contributed by atoms with Gasteiger partial charge in [-0.2, -0.15) is 18.4 Å². The number of piperazine rings is 1. The number of carbonyl (C=O) groups is 3. The molecule has 6 rings (SSSR count). The number of hydrogen-bond acceptors (Lipinski definition) is 8. The van der Waals surface area contributed by atoms with Crippen LogP contribution in [0.25, 0.3) is 0 Å². The molecule has 2 fully saturated rings. The lowest BCUT2D eigenvalue weighted by molar-refractivity contribution is -0.137. The predicted octanol–water partition coefficient (Wildman–Crippen LogP) is 5.95. The molecular formula is C40H45F3N6O4. The van der Waals surface area contributed by atoms with E-state index in [1.54, 1.807) is 17.0 Å². The molecule has 3 heterocycles. The highest BCUT2D eigenvalue weighted by molar-refractivity contribution is 6.02. The van der Waals surface area contributed by atoms with Gasteiger partial charge in [0.2, 0.25) is 12.3 Å². The van der Waals surface area contributed by atoms with Gasteiger partial charge in [-0.05, 0) is 91.9 Å². The van der Waals surface area contributed by atoms with E-state index in [-0.39, 0.29) is 17.4 Å². The number of fused-ring (bicyclic) bond motifs is 1. The number of halogens is 3. The maximum Gasteiger partial charge on any atom is 0.417 e. The molecule has 3 aliphatic rings. The summed E-state index contributed by atoms with van der Waals surface area (Å²) in [5, 5.41) is 11.3. The Morgan fingerprint density at radius 3 is 2.43 bits per heavy atom. The second-order valence-electron chi connectivity index (χ2n) is 13.9. The van der Waals surface area contributed by atoms with Gasteiger partial charge in [-0.1, -0.05) is 25.5 Å². The second-order valence-corrected chi connectivity index (χ2v) is 13.9. The lowest BCUT2D eigenvalue weighted by Gasteiger charge is -2.36. The average molecular weight is 731 g/mol. The summed E-state index contributed by atoms with van der Waals surface area (Å²) < 4.78 is 46.4. The first-order valence-corrected chi connectivity index (χ1v) is 18.3. The first-order valence-electron chi connectivity index (χ1n) is 18.3. The first-order chi connectivity index (χ1) is 25.6. The zero-order valence-corrected chi connectivity index (χ0v) is 29.9. The maximum absolute atomic E-state index is 13.5. The quantitative estimate of drug-likeness (QED) is 0.160. The molecule has 280 valence electrons. The smallest absolute Gasteiger partial charge is 0.417 e. The van der Waals surface area contributed by atoms with Crippen LogP contribution < -0.4 is 19.9 Å². The Morgan fingerprint density at radius 2 is 1.74 bits per heavy atom. The van der Waals surface area contributed by atoms with E-state index in [2.05, 4.69) is 21.2 Å². The molecule has 0 aliphatic carbocycles. The minimum atomic E-state index is -4.58. The highest BCUT2D eigenvalue weighted by Gasteiger charge is 2.37. The van der Waals surface area contributed by atoms with Crippen molar-refractivity contribution in [2.75, 3.05) is 62.2 Å². The van der Waals surface area contributed by atoms with E-state index in [0.29, 0.717) is 56.7 Å². The van der Waals surface area contributed by atoms with E-state index in [9.17, 15) is 27.6 Å². The lowest BCUT2D eigenvalue weighted by Crippen LogP contribution is -2.46. The molecule has 3 amide bonds. The SMILES string of the molecule is CCCC(C(=O)NC=O)N1Cc2cc(N3CCN(CCCCOc4ccc(C5CCN(c6ccc(C#N)c(C(F)(F)F)c6)C5)cc4)CC3)ccc2C1=O. The molecule has 3 aromatic rings. The number of carbonyl (C=O) groups excluding carboxylic acids is 3. The number of ether oxygens (including phenoxy) is 1. The van der Waals surface area contributed by atoms with Gasteiger partial charge in [0.1, 0.15) is 11.8 Å². The third-order valence-electron chi connectivity index (χ3n) is 10.6. The van der Waals surface area contributed by atoms with E-state index in [1.165, 1.54) is 6.07 Å². The summed E-state index contributed by atoms with van der Waals surface area (Å²) in [4.78, 5) is 44.8. The van der Waals surface area contributed by atoms with Crippen LogP contribution in [0.5, 0.6) is 5.75 Å². The van der Waals surface area contributed by atoms with Crippen LogP contribution in [0.2, 0.25) is 0 Å². The summed E-state index contributed by atoms with van der Waals surface area (Å²) >= 11 is 0. The molecule has 0 bridgehead atoms. The van der Waals surface area contributed by atoms with Gasteiger partial charge in [-0.3, -0.25) is 24.6 Å². The molecular weight excluding hydrogens is 685 g/mol. The number of benzene rings is 3. The van der Waals surface area contributed by atoms with Crippen molar-refractivity contribution in [1.29, 1.82) is 5.26 Å². The fourth-order valence-electron chi connectivity index (χ4n) is 7.66. The molecule has 2 atom stereocenters. The lowest BCUT2D eigenvalue weighted by atomic mass is 9.98. The largest absolute Gasteiger partial charge is 0.494 e. The highest BCUT2D eigenvalue weighted by atomic mass is 19.4. The minimum Gasteiger partial charge on any atom is -0.494 e. The summed E-state index contributed by atoms with van der Waals surface area (Å²) in [7, 11) is 0. The van der Waals surface area contributed by atoms with Crippen molar-refractivity contribution >= 4 is 29.6 Å². The Hall–Kier alpha value is -5.09. The summed E-state index contributed by atoms with van der Waals surface area (Å²) in [5.41, 5.74) is 2.93. The number of amides is 3. The van der Waals surface area contributed by atoms with E-state index in [4.69, 9.17) is 10.00 Å². The number of nitriles is 1. The molecule has 2 saturated heterocycles. The zero-order valence-electron chi connectivity index (χ0n) is 29.9. The van der Waals surface area contributed by atoms with Crippen molar-refractivity contribution in [3.8, 4) is 11.8 Å². The van der Waals surface area contributed by atoms with Crippen LogP contribution in [-0.4, -0.2) is 86.5 Å². The molecule has 0 spiro atoms. The number of nitrogens with zero attached hydrogens (tertiary/aromatic N) is 5. The second kappa shape index (κ2) is 16.7. The van der Waals surface area contributed by atoms with Gasteiger partial charge in [-0.15, -0.1) is 0 Å². The van der Waals surface area contributed by atoms with Crippen molar-refractivity contribution in [2.24, 2.45) is 0 Å². The molecule has 53 heavy (non-hydrogen) atoms. The van der Waals surface area contributed by atoms with E-state index in [0.717, 1.165) is 80.6 Å². The Bertz CT molecular complexity index is 1820. The molecule has 3 aromatic carbocycles. The molecule has 3 aliphatic heterocycles. The molecule has 0 radical (unpaired) electrons. The molecule has 13 heteroatoms. The average Bonchev–Trinajstić information content (AvgIpc) is 3.78. The highest BCUT2D eigenvalue weighted by Crippen LogP contribution is 2.37. The van der Waals surface area contributed by atoms with Gasteiger partial charge < -0.3 is 19.4 Å². The van der Waals surface area contributed by atoms with Gasteiger partial charge in [0.15, 0.2) is 0 Å². The monoisotopic (exact) mass is 730 g/mol. The molecule has 0 aromatic heterocycles. The standard InChI is InChI=1S/C40H45F3N6O4/c1-2-5-37(38(51)45-27-50)49-26-31-22-32(10-13-35(31)39(49)52)47-19-17-46(18-20-47)15-3-4-21-53-34-11-7-28(8-12-34)30-14-16-48(25-30)33-9-6-29(24-44)36(23-33)40(41,42)43/h6-13,22-23,27,30,37H,2-5,14-21,25-26H2,1H3,(H,45,50,51). The van der Waals surface area contributed by atoms with E-state index < -0.39 is 23.7 Å². The van der Waals surface area contributed by atoms with Gasteiger partial charge in [0, 0.05) is 68.7 Å². The predicted molar refractivity (Wildman–Crippen MR) is 195 cm³/mol. The maximum atomic E-state index is 13.5. The molecule has 2 unspecified atom stereocenters. The number of imide groups is 1. The Balaban J connectivity index is 0.904. The minimum absolute atomic E-state index is 0.176. The first kappa shape index (κ1) is 37.7. The van der Waals surface area contributed by atoms with Gasteiger partial charge >= 0.3 is 6.18 Å². The fourth-order valence-corrected chi connectivity index (χ4v) is 7.66.